The Balaban J connectivity index is 2.35. The van der Waals surface area contributed by atoms with Crippen LogP contribution in [0.3, 0.4) is 0 Å². The van der Waals surface area contributed by atoms with E-state index in [1.165, 1.54) is 30.4 Å². The van der Waals surface area contributed by atoms with Crippen LogP contribution in [0.2, 0.25) is 0 Å². The summed E-state index contributed by atoms with van der Waals surface area (Å²) in [5.41, 5.74) is 1.11. The van der Waals surface area contributed by atoms with Gasteiger partial charge in [-0.05, 0) is 54.4 Å². The zero-order valence-corrected chi connectivity index (χ0v) is 12.7. The van der Waals surface area contributed by atoms with E-state index in [0.717, 1.165) is 17.3 Å². The molecule has 3 heteroatoms. The van der Waals surface area contributed by atoms with E-state index in [-0.39, 0.29) is 5.82 Å². The number of benzene rings is 1. The summed E-state index contributed by atoms with van der Waals surface area (Å²) in [5.74, 6) is 2.93. The number of alkyl halides is 1. The molecule has 0 saturated carbocycles. The summed E-state index contributed by atoms with van der Waals surface area (Å²) in [7, 11) is 0. The third kappa shape index (κ3) is 6.46. The van der Waals surface area contributed by atoms with Gasteiger partial charge in [-0.1, -0.05) is 35.0 Å². The van der Waals surface area contributed by atoms with Crippen molar-refractivity contribution < 1.29 is 4.39 Å². The molecule has 0 radical (unpaired) electrons. The van der Waals surface area contributed by atoms with Crippen LogP contribution >= 0.6 is 27.7 Å². The fourth-order valence-electron chi connectivity index (χ4n) is 1.85. The number of rotatable bonds is 8. The van der Waals surface area contributed by atoms with E-state index in [4.69, 9.17) is 0 Å². The van der Waals surface area contributed by atoms with E-state index in [1.807, 2.05) is 17.8 Å². The fraction of sp³-hybridized carbons (Fsp3) is 0.571. The molecule has 17 heavy (non-hydrogen) atoms. The highest BCUT2D eigenvalue weighted by Gasteiger charge is 2.08. The van der Waals surface area contributed by atoms with Gasteiger partial charge in [0, 0.05) is 5.33 Å². The molecule has 0 bridgehead atoms. The second-order valence-corrected chi connectivity index (χ2v) is 6.23. The molecule has 0 aliphatic carbocycles. The standard InChI is InChI=1S/C14H20BrFS/c1-2-17-8-4-6-13(11-15)9-12-5-3-7-14(16)10-12/h3,5,7,10,13H,2,4,6,8-9,11H2,1H3. The molecule has 1 aromatic rings. The van der Waals surface area contributed by atoms with E-state index in [2.05, 4.69) is 22.9 Å². The summed E-state index contributed by atoms with van der Waals surface area (Å²) in [5, 5.41) is 1.00. The van der Waals surface area contributed by atoms with Crippen molar-refractivity contribution in [2.24, 2.45) is 5.92 Å². The molecule has 0 fully saturated rings. The Morgan fingerprint density at radius 2 is 2.24 bits per heavy atom. The van der Waals surface area contributed by atoms with Crippen molar-refractivity contribution >= 4 is 27.7 Å². The van der Waals surface area contributed by atoms with Crippen molar-refractivity contribution in [1.29, 1.82) is 0 Å². The van der Waals surface area contributed by atoms with Gasteiger partial charge in [-0.2, -0.15) is 11.8 Å². The van der Waals surface area contributed by atoms with Crippen molar-refractivity contribution in [1.82, 2.24) is 0 Å². The lowest BCUT2D eigenvalue weighted by Gasteiger charge is -2.13. The third-order valence-corrected chi connectivity index (χ3v) is 4.64. The molecule has 0 nitrogen and oxygen atoms in total. The van der Waals surface area contributed by atoms with Crippen LogP contribution in [0, 0.1) is 11.7 Å². The first-order chi connectivity index (χ1) is 8.26. The summed E-state index contributed by atoms with van der Waals surface area (Å²) in [4.78, 5) is 0. The summed E-state index contributed by atoms with van der Waals surface area (Å²) in [6.45, 7) is 2.19. The van der Waals surface area contributed by atoms with Gasteiger partial charge in [0.2, 0.25) is 0 Å². The van der Waals surface area contributed by atoms with Gasteiger partial charge in [-0.3, -0.25) is 0 Å². The molecule has 0 aliphatic heterocycles. The Morgan fingerprint density at radius 1 is 1.41 bits per heavy atom. The van der Waals surface area contributed by atoms with Crippen LogP contribution in [0.5, 0.6) is 0 Å². The summed E-state index contributed by atoms with van der Waals surface area (Å²) in [6.07, 6.45) is 3.44. The lowest BCUT2D eigenvalue weighted by atomic mass is 9.97. The SMILES string of the molecule is CCSCCCC(CBr)Cc1cccc(F)c1. The van der Waals surface area contributed by atoms with Crippen LogP contribution in [0.15, 0.2) is 24.3 Å². The molecule has 0 N–H and O–H groups in total. The Kier molecular flexibility index (Phi) is 7.95. The largest absolute Gasteiger partial charge is 0.207 e. The van der Waals surface area contributed by atoms with Crippen molar-refractivity contribution in [3.8, 4) is 0 Å². The number of thioether (sulfide) groups is 1. The molecular formula is C14H20BrFS. The minimum Gasteiger partial charge on any atom is -0.207 e. The second-order valence-electron chi connectivity index (χ2n) is 4.19. The van der Waals surface area contributed by atoms with E-state index in [9.17, 15) is 4.39 Å². The molecule has 0 spiro atoms. The van der Waals surface area contributed by atoms with E-state index >= 15 is 0 Å². The van der Waals surface area contributed by atoms with Crippen molar-refractivity contribution in [3.63, 3.8) is 0 Å². The topological polar surface area (TPSA) is 0 Å². The molecule has 1 rings (SSSR count). The van der Waals surface area contributed by atoms with Crippen LogP contribution in [0.1, 0.15) is 25.3 Å². The fourth-order valence-corrected chi connectivity index (χ4v) is 3.06. The van der Waals surface area contributed by atoms with E-state index in [1.54, 1.807) is 12.1 Å². The first-order valence-corrected chi connectivity index (χ1v) is 8.42. The van der Waals surface area contributed by atoms with Crippen LogP contribution in [0.4, 0.5) is 4.39 Å². The van der Waals surface area contributed by atoms with Crippen molar-refractivity contribution in [2.75, 3.05) is 16.8 Å². The highest BCUT2D eigenvalue weighted by Crippen LogP contribution is 2.18. The van der Waals surface area contributed by atoms with Crippen LogP contribution < -0.4 is 0 Å². The molecule has 1 unspecified atom stereocenters. The Morgan fingerprint density at radius 3 is 2.88 bits per heavy atom. The number of hydrogen-bond acceptors (Lipinski definition) is 1. The Bertz CT molecular complexity index is 317. The second kappa shape index (κ2) is 8.98. The molecule has 1 aromatic carbocycles. The quantitative estimate of drug-likeness (QED) is 0.484. The molecule has 1 atom stereocenters. The normalized spacial score (nSPS) is 12.6. The first-order valence-electron chi connectivity index (χ1n) is 6.14. The highest BCUT2D eigenvalue weighted by molar-refractivity contribution is 9.09. The molecule has 0 aliphatic rings. The Hall–Kier alpha value is -0.0200. The molecule has 0 heterocycles. The summed E-state index contributed by atoms with van der Waals surface area (Å²) >= 11 is 5.55. The monoisotopic (exact) mass is 318 g/mol. The minimum absolute atomic E-state index is 0.127. The predicted octanol–water partition coefficient (Wildman–Crippen LogP) is 4.91. The lowest BCUT2D eigenvalue weighted by Crippen LogP contribution is -2.07. The lowest BCUT2D eigenvalue weighted by molar-refractivity contribution is 0.534. The number of halogens is 2. The smallest absolute Gasteiger partial charge is 0.123 e. The Labute approximate surface area is 117 Å². The zero-order chi connectivity index (χ0) is 12.5. The van der Waals surface area contributed by atoms with Crippen molar-refractivity contribution in [3.05, 3.63) is 35.6 Å². The molecule has 0 amide bonds. The van der Waals surface area contributed by atoms with Gasteiger partial charge >= 0.3 is 0 Å². The van der Waals surface area contributed by atoms with Gasteiger partial charge in [0.25, 0.3) is 0 Å². The predicted molar refractivity (Wildman–Crippen MR) is 79.6 cm³/mol. The van der Waals surface area contributed by atoms with Crippen LogP contribution in [0.25, 0.3) is 0 Å². The van der Waals surface area contributed by atoms with Gasteiger partial charge in [0.05, 0.1) is 0 Å². The molecule has 96 valence electrons. The van der Waals surface area contributed by atoms with Gasteiger partial charge in [-0.15, -0.1) is 0 Å². The summed E-state index contributed by atoms with van der Waals surface area (Å²) < 4.78 is 13.1. The third-order valence-electron chi connectivity index (χ3n) is 2.74. The zero-order valence-electron chi connectivity index (χ0n) is 10.3. The average molecular weight is 319 g/mol. The summed E-state index contributed by atoms with van der Waals surface area (Å²) in [6, 6.07) is 6.96. The van der Waals surface area contributed by atoms with Crippen LogP contribution in [-0.4, -0.2) is 16.8 Å². The molecule has 0 aromatic heterocycles. The average Bonchev–Trinajstić information content (AvgIpc) is 2.33. The van der Waals surface area contributed by atoms with Crippen LogP contribution in [-0.2, 0) is 6.42 Å². The van der Waals surface area contributed by atoms with Gasteiger partial charge < -0.3 is 0 Å². The van der Waals surface area contributed by atoms with E-state index in [0.29, 0.717) is 5.92 Å². The van der Waals surface area contributed by atoms with E-state index < -0.39 is 0 Å². The molecule has 0 saturated heterocycles. The maximum Gasteiger partial charge on any atom is 0.123 e. The molecular weight excluding hydrogens is 299 g/mol. The van der Waals surface area contributed by atoms with Gasteiger partial charge in [-0.25, -0.2) is 4.39 Å². The van der Waals surface area contributed by atoms with Crippen molar-refractivity contribution in [2.45, 2.75) is 26.2 Å². The maximum absolute atomic E-state index is 13.1. The van der Waals surface area contributed by atoms with Gasteiger partial charge in [0.15, 0.2) is 0 Å². The van der Waals surface area contributed by atoms with Gasteiger partial charge in [0.1, 0.15) is 5.82 Å². The highest BCUT2D eigenvalue weighted by atomic mass is 79.9. The maximum atomic E-state index is 13.1. The first kappa shape index (κ1) is 15.0. The number of hydrogen-bond donors (Lipinski definition) is 0. The minimum atomic E-state index is -0.127.